The van der Waals surface area contributed by atoms with Gasteiger partial charge in [-0.2, -0.15) is 18.2 Å². The van der Waals surface area contributed by atoms with Crippen LogP contribution in [-0.2, 0) is 11.6 Å². The Morgan fingerprint density at radius 3 is 2.19 bits per heavy atom. The minimum Gasteiger partial charge on any atom is -0.491 e. The van der Waals surface area contributed by atoms with E-state index in [9.17, 15) is 13.2 Å². The molecule has 1 heterocycles. The van der Waals surface area contributed by atoms with E-state index in [1.807, 2.05) is 46.8 Å². The Kier molecular flexibility index (Phi) is 6.62. The molecule has 0 amide bonds. The fourth-order valence-corrected chi connectivity index (χ4v) is 2.96. The van der Waals surface area contributed by atoms with Crippen LogP contribution in [0, 0.1) is 0 Å². The first-order valence-electron chi connectivity index (χ1n) is 10.3. The zero-order valence-corrected chi connectivity index (χ0v) is 18.7. The maximum atomic E-state index is 13.6. The summed E-state index contributed by atoms with van der Waals surface area (Å²) >= 11 is 0. The van der Waals surface area contributed by atoms with Crippen molar-refractivity contribution in [2.24, 2.45) is 0 Å². The van der Waals surface area contributed by atoms with Crippen molar-refractivity contribution < 1.29 is 17.9 Å². The van der Waals surface area contributed by atoms with Crippen molar-refractivity contribution in [3.8, 4) is 5.75 Å². The summed E-state index contributed by atoms with van der Waals surface area (Å²) in [5, 5.41) is 5.76. The van der Waals surface area contributed by atoms with Crippen molar-refractivity contribution in [3.05, 3.63) is 65.9 Å². The second-order valence-corrected chi connectivity index (χ2v) is 8.73. The van der Waals surface area contributed by atoms with Gasteiger partial charge in [-0.25, -0.2) is 4.98 Å². The molecule has 170 valence electrons. The largest absolute Gasteiger partial charge is 0.491 e. The number of anilines is 4. The van der Waals surface area contributed by atoms with E-state index in [4.69, 9.17) is 4.74 Å². The van der Waals surface area contributed by atoms with E-state index < -0.39 is 11.7 Å². The maximum absolute atomic E-state index is 13.6. The average molecular weight is 445 g/mol. The van der Waals surface area contributed by atoms with Crippen molar-refractivity contribution in [1.82, 2.24) is 9.97 Å². The Bertz CT molecular complexity index is 1060. The number of rotatable bonds is 6. The van der Waals surface area contributed by atoms with Crippen LogP contribution in [0.4, 0.5) is 36.3 Å². The molecule has 0 radical (unpaired) electrons. The first kappa shape index (κ1) is 23.4. The molecule has 0 atom stereocenters. The lowest BCUT2D eigenvalue weighted by molar-refractivity contribution is -0.137. The smallest absolute Gasteiger partial charge is 0.421 e. The Morgan fingerprint density at radius 2 is 1.59 bits per heavy atom. The number of aromatic nitrogens is 2. The average Bonchev–Trinajstić information content (AvgIpc) is 2.68. The maximum Gasteiger partial charge on any atom is 0.421 e. The van der Waals surface area contributed by atoms with E-state index >= 15 is 0 Å². The Labute approximate surface area is 186 Å². The minimum atomic E-state index is -4.60. The zero-order valence-electron chi connectivity index (χ0n) is 18.7. The number of halogens is 3. The number of nitrogens with zero attached hydrogens (tertiary/aromatic N) is 2. The number of nitrogens with one attached hydrogen (secondary N) is 2. The monoisotopic (exact) mass is 444 g/mol. The van der Waals surface area contributed by atoms with Gasteiger partial charge >= 0.3 is 6.18 Å². The summed E-state index contributed by atoms with van der Waals surface area (Å²) in [5.74, 6) is 0.422. The van der Waals surface area contributed by atoms with Gasteiger partial charge in [0.15, 0.2) is 0 Å². The molecule has 0 unspecified atom stereocenters. The molecular weight excluding hydrogens is 417 g/mol. The fourth-order valence-electron chi connectivity index (χ4n) is 2.96. The van der Waals surface area contributed by atoms with Crippen LogP contribution in [0.5, 0.6) is 5.75 Å². The molecule has 0 aliphatic heterocycles. The first-order chi connectivity index (χ1) is 14.9. The summed E-state index contributed by atoms with van der Waals surface area (Å²) in [7, 11) is 0. The van der Waals surface area contributed by atoms with Crippen LogP contribution in [-0.4, -0.2) is 16.1 Å². The van der Waals surface area contributed by atoms with E-state index in [1.165, 1.54) is 0 Å². The van der Waals surface area contributed by atoms with Crippen LogP contribution in [0.2, 0.25) is 0 Å². The number of benzene rings is 2. The van der Waals surface area contributed by atoms with Crippen molar-refractivity contribution in [3.63, 3.8) is 0 Å². The Hall–Kier alpha value is -3.29. The second kappa shape index (κ2) is 9.06. The van der Waals surface area contributed by atoms with Gasteiger partial charge in [-0.15, -0.1) is 0 Å². The van der Waals surface area contributed by atoms with Crippen LogP contribution >= 0.6 is 0 Å². The summed E-state index contributed by atoms with van der Waals surface area (Å²) in [6, 6.07) is 14.3. The predicted molar refractivity (Wildman–Crippen MR) is 121 cm³/mol. The molecule has 32 heavy (non-hydrogen) atoms. The van der Waals surface area contributed by atoms with Gasteiger partial charge in [-0.3, -0.25) is 0 Å². The molecular formula is C24H27F3N4O. The zero-order chi connectivity index (χ0) is 23.5. The second-order valence-electron chi connectivity index (χ2n) is 8.73. The van der Waals surface area contributed by atoms with Crippen molar-refractivity contribution in [2.45, 2.75) is 52.3 Å². The minimum absolute atomic E-state index is 0.0393. The summed E-state index contributed by atoms with van der Waals surface area (Å²) in [6.07, 6.45) is -3.78. The third kappa shape index (κ3) is 6.12. The molecule has 0 saturated heterocycles. The summed E-state index contributed by atoms with van der Waals surface area (Å²) in [5.41, 5.74) is 1.05. The Balaban J connectivity index is 1.89. The van der Waals surface area contributed by atoms with Gasteiger partial charge in [0, 0.05) is 17.6 Å². The van der Waals surface area contributed by atoms with Crippen LogP contribution in [0.25, 0.3) is 0 Å². The molecule has 0 aliphatic rings. The molecule has 0 bridgehead atoms. The lowest BCUT2D eigenvalue weighted by atomic mass is 9.87. The lowest BCUT2D eigenvalue weighted by Gasteiger charge is -2.20. The van der Waals surface area contributed by atoms with E-state index in [2.05, 4.69) is 20.6 Å². The molecule has 1 aromatic heterocycles. The summed E-state index contributed by atoms with van der Waals surface area (Å²) in [6.45, 7) is 9.97. The molecule has 3 aromatic rings. The van der Waals surface area contributed by atoms with Crippen LogP contribution in [0.3, 0.4) is 0 Å². The highest BCUT2D eigenvalue weighted by Gasteiger charge is 2.35. The van der Waals surface area contributed by atoms with Gasteiger partial charge in [0.2, 0.25) is 5.95 Å². The number of alkyl halides is 3. The highest BCUT2D eigenvalue weighted by molar-refractivity contribution is 5.63. The quantitative estimate of drug-likeness (QED) is 0.426. The Morgan fingerprint density at radius 1 is 0.906 bits per heavy atom. The molecule has 2 aromatic carbocycles. The topological polar surface area (TPSA) is 59.1 Å². The van der Waals surface area contributed by atoms with Crippen molar-refractivity contribution >= 4 is 23.1 Å². The van der Waals surface area contributed by atoms with Crippen molar-refractivity contribution in [2.75, 3.05) is 10.6 Å². The molecule has 3 rings (SSSR count). The molecule has 0 aliphatic carbocycles. The molecule has 8 heteroatoms. The number of ether oxygens (including phenoxy) is 1. The third-order valence-corrected chi connectivity index (χ3v) is 4.57. The molecule has 2 N–H and O–H groups in total. The van der Waals surface area contributed by atoms with Gasteiger partial charge in [-0.05, 0) is 61.2 Å². The van der Waals surface area contributed by atoms with Gasteiger partial charge in [0.25, 0.3) is 0 Å². The number of hydrogen-bond donors (Lipinski definition) is 2. The van der Waals surface area contributed by atoms with E-state index in [-0.39, 0.29) is 23.3 Å². The molecule has 0 saturated carbocycles. The standard InChI is InChI=1S/C24H27F3N4O/c1-15(2)32-19-11-9-17(10-12-19)30-22-28-14-20(24(25,26)27)21(31-22)29-18-8-6-7-16(13-18)23(3,4)5/h6-15H,1-5H3,(H2,28,29,30,31). The van der Waals surface area contributed by atoms with Crippen LogP contribution in [0.1, 0.15) is 45.7 Å². The third-order valence-electron chi connectivity index (χ3n) is 4.57. The van der Waals surface area contributed by atoms with Gasteiger partial charge in [-0.1, -0.05) is 32.9 Å². The number of hydrogen-bond acceptors (Lipinski definition) is 5. The highest BCUT2D eigenvalue weighted by atomic mass is 19.4. The van der Waals surface area contributed by atoms with Gasteiger partial charge in [0.05, 0.1) is 6.10 Å². The van der Waals surface area contributed by atoms with Crippen LogP contribution < -0.4 is 15.4 Å². The fraction of sp³-hybridized carbons (Fsp3) is 0.333. The van der Waals surface area contributed by atoms with E-state index in [0.717, 1.165) is 11.8 Å². The molecule has 0 fully saturated rings. The predicted octanol–water partition coefficient (Wildman–Crippen LogP) is 7.07. The van der Waals surface area contributed by atoms with Gasteiger partial charge < -0.3 is 15.4 Å². The molecule has 5 nitrogen and oxygen atoms in total. The van der Waals surface area contributed by atoms with Crippen LogP contribution in [0.15, 0.2) is 54.7 Å². The first-order valence-corrected chi connectivity index (χ1v) is 10.3. The molecule has 0 spiro atoms. The van der Waals surface area contributed by atoms with E-state index in [1.54, 1.807) is 36.4 Å². The van der Waals surface area contributed by atoms with E-state index in [0.29, 0.717) is 17.1 Å². The van der Waals surface area contributed by atoms with Crippen molar-refractivity contribution in [1.29, 1.82) is 0 Å². The lowest BCUT2D eigenvalue weighted by Crippen LogP contribution is -2.14. The SMILES string of the molecule is CC(C)Oc1ccc(Nc2ncc(C(F)(F)F)c(Nc3cccc(C(C)(C)C)c3)n2)cc1. The summed E-state index contributed by atoms with van der Waals surface area (Å²) in [4.78, 5) is 7.96. The van der Waals surface area contributed by atoms with Gasteiger partial charge in [0.1, 0.15) is 17.1 Å². The highest BCUT2D eigenvalue weighted by Crippen LogP contribution is 2.36. The summed E-state index contributed by atoms with van der Waals surface area (Å²) < 4.78 is 46.3. The normalized spacial score (nSPS) is 12.0.